The molecule has 2 aromatic rings. The molecule has 0 spiro atoms. The number of halogens is 1. The highest BCUT2D eigenvalue weighted by atomic mass is 79.9. The van der Waals surface area contributed by atoms with Crippen molar-refractivity contribution in [1.82, 2.24) is 19.7 Å². The average Bonchev–Trinajstić information content (AvgIpc) is 2.83. The van der Waals surface area contributed by atoms with E-state index in [0.717, 1.165) is 17.8 Å². The molecule has 6 nitrogen and oxygen atoms in total. The number of rotatable bonds is 4. The molecule has 0 amide bonds. The number of anilines is 1. The highest BCUT2D eigenvalue weighted by Gasteiger charge is 2.12. The SMILES string of the molecule is CCn1cc(-c2nc(N)c(Br)c(COC)n2)cn1. The first-order chi connectivity index (χ1) is 8.65. The summed E-state index contributed by atoms with van der Waals surface area (Å²) >= 11 is 3.36. The maximum atomic E-state index is 5.85. The third kappa shape index (κ3) is 2.51. The van der Waals surface area contributed by atoms with Gasteiger partial charge >= 0.3 is 0 Å². The summed E-state index contributed by atoms with van der Waals surface area (Å²) in [6, 6.07) is 0. The average molecular weight is 312 g/mol. The third-order valence-corrected chi connectivity index (χ3v) is 3.31. The molecule has 0 aromatic carbocycles. The molecule has 0 fully saturated rings. The number of ether oxygens (including phenoxy) is 1. The van der Waals surface area contributed by atoms with E-state index < -0.39 is 0 Å². The number of nitrogens with two attached hydrogens (primary N) is 1. The molecule has 0 aliphatic rings. The maximum Gasteiger partial charge on any atom is 0.165 e. The molecule has 2 heterocycles. The molecule has 96 valence electrons. The van der Waals surface area contributed by atoms with Gasteiger partial charge in [-0.05, 0) is 22.9 Å². The second-order valence-corrected chi connectivity index (χ2v) is 4.50. The van der Waals surface area contributed by atoms with Crippen LogP contribution >= 0.6 is 15.9 Å². The van der Waals surface area contributed by atoms with Crippen molar-refractivity contribution in [1.29, 1.82) is 0 Å². The number of nitrogen functional groups attached to an aromatic ring is 1. The lowest BCUT2D eigenvalue weighted by Gasteiger charge is -2.07. The smallest absolute Gasteiger partial charge is 0.165 e. The molecular formula is C11H14BrN5O. The van der Waals surface area contributed by atoms with Gasteiger partial charge in [0, 0.05) is 19.9 Å². The van der Waals surface area contributed by atoms with Crippen LogP contribution in [0.25, 0.3) is 11.4 Å². The van der Waals surface area contributed by atoms with Crippen LogP contribution in [0.4, 0.5) is 5.82 Å². The van der Waals surface area contributed by atoms with E-state index in [1.165, 1.54) is 0 Å². The van der Waals surface area contributed by atoms with E-state index in [1.807, 2.05) is 17.8 Å². The van der Waals surface area contributed by atoms with Crippen molar-refractivity contribution in [3.05, 3.63) is 22.6 Å². The molecule has 0 bridgehead atoms. The van der Waals surface area contributed by atoms with Gasteiger partial charge in [0.05, 0.1) is 28.5 Å². The topological polar surface area (TPSA) is 78.9 Å². The quantitative estimate of drug-likeness (QED) is 0.932. The summed E-state index contributed by atoms with van der Waals surface area (Å²) in [7, 11) is 1.61. The van der Waals surface area contributed by atoms with Gasteiger partial charge in [-0.2, -0.15) is 5.10 Å². The van der Waals surface area contributed by atoms with Crippen LogP contribution in [0.1, 0.15) is 12.6 Å². The van der Waals surface area contributed by atoms with Crippen LogP contribution in [0.15, 0.2) is 16.9 Å². The zero-order valence-corrected chi connectivity index (χ0v) is 11.8. The van der Waals surface area contributed by atoms with Gasteiger partial charge in [-0.15, -0.1) is 0 Å². The number of nitrogens with zero attached hydrogens (tertiary/aromatic N) is 4. The number of methoxy groups -OCH3 is 1. The zero-order valence-electron chi connectivity index (χ0n) is 10.2. The Bertz CT molecular complexity index is 554. The van der Waals surface area contributed by atoms with Crippen LogP contribution in [-0.4, -0.2) is 26.9 Å². The zero-order chi connectivity index (χ0) is 13.1. The van der Waals surface area contributed by atoms with Gasteiger partial charge in [0.1, 0.15) is 5.82 Å². The van der Waals surface area contributed by atoms with Crippen molar-refractivity contribution in [2.45, 2.75) is 20.1 Å². The Morgan fingerprint density at radius 1 is 1.44 bits per heavy atom. The first kappa shape index (κ1) is 13.0. The number of hydrogen-bond acceptors (Lipinski definition) is 5. The van der Waals surface area contributed by atoms with Crippen molar-refractivity contribution in [3.8, 4) is 11.4 Å². The van der Waals surface area contributed by atoms with E-state index in [0.29, 0.717) is 22.7 Å². The van der Waals surface area contributed by atoms with Crippen molar-refractivity contribution in [2.75, 3.05) is 12.8 Å². The van der Waals surface area contributed by atoms with Crippen LogP contribution in [0, 0.1) is 0 Å². The van der Waals surface area contributed by atoms with Crippen molar-refractivity contribution in [2.24, 2.45) is 0 Å². The Morgan fingerprint density at radius 2 is 2.22 bits per heavy atom. The fraction of sp³-hybridized carbons (Fsp3) is 0.364. The van der Waals surface area contributed by atoms with Gasteiger partial charge in [-0.1, -0.05) is 0 Å². The summed E-state index contributed by atoms with van der Waals surface area (Å²) in [4.78, 5) is 8.67. The number of aromatic nitrogens is 4. The van der Waals surface area contributed by atoms with E-state index >= 15 is 0 Å². The van der Waals surface area contributed by atoms with Crippen LogP contribution < -0.4 is 5.73 Å². The molecule has 2 aromatic heterocycles. The van der Waals surface area contributed by atoms with Crippen molar-refractivity contribution < 1.29 is 4.74 Å². The largest absolute Gasteiger partial charge is 0.383 e. The Balaban J connectivity index is 2.44. The van der Waals surface area contributed by atoms with Crippen molar-refractivity contribution in [3.63, 3.8) is 0 Å². The minimum Gasteiger partial charge on any atom is -0.383 e. The van der Waals surface area contributed by atoms with E-state index in [4.69, 9.17) is 10.5 Å². The highest BCUT2D eigenvalue weighted by Crippen LogP contribution is 2.25. The van der Waals surface area contributed by atoms with E-state index in [1.54, 1.807) is 13.3 Å². The number of hydrogen-bond donors (Lipinski definition) is 1. The van der Waals surface area contributed by atoms with Crippen LogP contribution in [0.5, 0.6) is 0 Å². The van der Waals surface area contributed by atoms with E-state index in [2.05, 4.69) is 31.0 Å². The van der Waals surface area contributed by atoms with Gasteiger partial charge in [0.15, 0.2) is 5.82 Å². The lowest BCUT2D eigenvalue weighted by molar-refractivity contribution is 0.181. The minimum atomic E-state index is 0.377. The van der Waals surface area contributed by atoms with E-state index in [9.17, 15) is 0 Å². The van der Waals surface area contributed by atoms with Gasteiger partial charge in [0.2, 0.25) is 0 Å². The summed E-state index contributed by atoms with van der Waals surface area (Å²) in [5.74, 6) is 0.957. The molecule has 7 heteroatoms. The Morgan fingerprint density at radius 3 is 2.83 bits per heavy atom. The summed E-state index contributed by atoms with van der Waals surface area (Å²) < 4.78 is 7.57. The van der Waals surface area contributed by atoms with Gasteiger partial charge in [-0.25, -0.2) is 9.97 Å². The first-order valence-corrected chi connectivity index (χ1v) is 6.28. The molecule has 0 saturated heterocycles. The highest BCUT2D eigenvalue weighted by molar-refractivity contribution is 9.10. The second kappa shape index (κ2) is 5.45. The predicted octanol–water partition coefficient (Wildman–Crippen LogP) is 1.85. The summed E-state index contributed by atoms with van der Waals surface area (Å²) in [5.41, 5.74) is 7.41. The van der Waals surface area contributed by atoms with Gasteiger partial charge in [0.25, 0.3) is 0 Å². The normalized spacial score (nSPS) is 10.8. The van der Waals surface area contributed by atoms with E-state index in [-0.39, 0.29) is 0 Å². The molecule has 0 aliphatic heterocycles. The van der Waals surface area contributed by atoms with Gasteiger partial charge in [-0.3, -0.25) is 4.68 Å². The van der Waals surface area contributed by atoms with Crippen LogP contribution in [0.3, 0.4) is 0 Å². The summed E-state index contributed by atoms with van der Waals surface area (Å²) in [5, 5.41) is 4.19. The molecule has 2 rings (SSSR count). The standard InChI is InChI=1S/C11H14BrN5O/c1-3-17-5-7(4-14-17)11-15-8(6-18-2)9(12)10(13)16-11/h4-5H,3,6H2,1-2H3,(H2,13,15,16). The summed E-state index contributed by atoms with van der Waals surface area (Å²) in [6.07, 6.45) is 3.61. The third-order valence-electron chi connectivity index (χ3n) is 2.44. The second-order valence-electron chi connectivity index (χ2n) is 3.71. The molecule has 0 unspecified atom stereocenters. The molecule has 0 atom stereocenters. The fourth-order valence-electron chi connectivity index (χ4n) is 1.53. The Labute approximate surface area is 113 Å². The number of aryl methyl sites for hydroxylation is 1. The monoisotopic (exact) mass is 311 g/mol. The summed E-state index contributed by atoms with van der Waals surface area (Å²) in [6.45, 7) is 3.20. The fourth-order valence-corrected chi connectivity index (χ4v) is 1.82. The first-order valence-electron chi connectivity index (χ1n) is 5.49. The van der Waals surface area contributed by atoms with Gasteiger partial charge < -0.3 is 10.5 Å². The molecule has 18 heavy (non-hydrogen) atoms. The maximum absolute atomic E-state index is 5.85. The minimum absolute atomic E-state index is 0.377. The molecule has 0 aliphatic carbocycles. The Kier molecular flexibility index (Phi) is 3.93. The Hall–Kier alpha value is -1.47. The van der Waals surface area contributed by atoms with Crippen molar-refractivity contribution >= 4 is 21.7 Å². The van der Waals surface area contributed by atoms with Crippen LogP contribution in [0.2, 0.25) is 0 Å². The lowest BCUT2D eigenvalue weighted by Crippen LogP contribution is -2.03. The molecule has 0 radical (unpaired) electrons. The molecular weight excluding hydrogens is 298 g/mol. The van der Waals surface area contributed by atoms with Crippen LogP contribution in [-0.2, 0) is 17.9 Å². The molecule has 2 N–H and O–H groups in total. The lowest BCUT2D eigenvalue weighted by atomic mass is 10.3. The molecule has 0 saturated carbocycles. The predicted molar refractivity (Wildman–Crippen MR) is 71.8 cm³/mol.